The van der Waals surface area contributed by atoms with Gasteiger partial charge >= 0.3 is 0 Å². The van der Waals surface area contributed by atoms with Crippen LogP contribution in [0.15, 0.2) is 21.5 Å². The molecule has 8 heteroatoms. The van der Waals surface area contributed by atoms with Gasteiger partial charge in [-0.1, -0.05) is 15.9 Å². The molecular formula is C13H19BrFN3O2S. The Bertz CT molecular complexity index is 624. The molecule has 0 bridgehead atoms. The van der Waals surface area contributed by atoms with E-state index >= 15 is 0 Å². The van der Waals surface area contributed by atoms with Crippen LogP contribution in [0.3, 0.4) is 0 Å². The molecule has 0 aliphatic carbocycles. The number of hydrogen-bond acceptors (Lipinski definition) is 4. The number of halogens is 2. The fraction of sp³-hybridized carbons (Fsp3) is 0.538. The van der Waals surface area contributed by atoms with E-state index in [0.717, 1.165) is 13.0 Å². The molecule has 1 aromatic rings. The van der Waals surface area contributed by atoms with Crippen LogP contribution < -0.4 is 10.0 Å². The lowest BCUT2D eigenvalue weighted by atomic mass is 10.2. The van der Waals surface area contributed by atoms with E-state index in [1.54, 1.807) is 13.1 Å². The molecule has 1 aromatic carbocycles. The number of sulfonamides is 1. The maximum Gasteiger partial charge on any atom is 0.243 e. The van der Waals surface area contributed by atoms with E-state index in [9.17, 15) is 12.8 Å². The summed E-state index contributed by atoms with van der Waals surface area (Å²) < 4.78 is 42.4. The normalized spacial score (nSPS) is 20.1. The summed E-state index contributed by atoms with van der Waals surface area (Å²) >= 11 is 3.24. The van der Waals surface area contributed by atoms with Crippen molar-refractivity contribution in [3.8, 4) is 0 Å². The van der Waals surface area contributed by atoms with Gasteiger partial charge in [0.05, 0.1) is 0 Å². The molecule has 1 unspecified atom stereocenters. The molecule has 0 aromatic heterocycles. The summed E-state index contributed by atoms with van der Waals surface area (Å²) in [6.07, 6.45) is 0.731. The first-order chi connectivity index (χ1) is 9.83. The van der Waals surface area contributed by atoms with Gasteiger partial charge < -0.3 is 10.2 Å². The van der Waals surface area contributed by atoms with Crippen LogP contribution in [-0.2, 0) is 16.6 Å². The first kappa shape index (κ1) is 16.8. The number of nitrogens with one attached hydrogen (secondary N) is 2. The van der Waals surface area contributed by atoms with E-state index in [4.69, 9.17) is 0 Å². The number of nitrogens with zero attached hydrogens (tertiary/aromatic N) is 1. The summed E-state index contributed by atoms with van der Waals surface area (Å²) in [5.41, 5.74) is 0.316. The van der Waals surface area contributed by atoms with Crippen molar-refractivity contribution in [2.75, 3.05) is 27.2 Å². The molecular weight excluding hydrogens is 361 g/mol. The number of likely N-dealkylation sites (tertiary alicyclic amines) is 1. The molecule has 21 heavy (non-hydrogen) atoms. The Hall–Kier alpha value is -0.540. The highest BCUT2D eigenvalue weighted by atomic mass is 79.9. The Morgan fingerprint density at radius 3 is 2.76 bits per heavy atom. The van der Waals surface area contributed by atoms with Gasteiger partial charge in [-0.25, -0.2) is 17.5 Å². The van der Waals surface area contributed by atoms with Crippen molar-refractivity contribution in [2.24, 2.45) is 0 Å². The minimum absolute atomic E-state index is 0.175. The number of hydrogen-bond donors (Lipinski definition) is 2. The quantitative estimate of drug-likeness (QED) is 0.808. The molecule has 0 spiro atoms. The Morgan fingerprint density at radius 2 is 2.19 bits per heavy atom. The SMILES string of the molecule is CNCc1cc(Br)cc(S(=O)(=O)NC2CCN(C)C2)c1F. The first-order valence-corrected chi connectivity index (χ1v) is 8.94. The Kier molecular flexibility index (Phi) is 5.37. The zero-order valence-electron chi connectivity index (χ0n) is 12.0. The molecule has 1 aliphatic rings. The summed E-state index contributed by atoms with van der Waals surface area (Å²) in [5, 5.41) is 2.83. The fourth-order valence-corrected chi connectivity index (χ4v) is 4.51. The lowest BCUT2D eigenvalue weighted by molar-refractivity contribution is 0.407. The van der Waals surface area contributed by atoms with Crippen LogP contribution >= 0.6 is 15.9 Å². The Morgan fingerprint density at radius 1 is 1.48 bits per heavy atom. The van der Waals surface area contributed by atoms with Gasteiger partial charge in [-0.05, 0) is 39.2 Å². The van der Waals surface area contributed by atoms with E-state index in [1.165, 1.54) is 6.07 Å². The summed E-state index contributed by atoms with van der Waals surface area (Å²) in [6.45, 7) is 1.73. The zero-order chi connectivity index (χ0) is 15.6. The van der Waals surface area contributed by atoms with Crippen molar-refractivity contribution in [1.82, 2.24) is 14.9 Å². The van der Waals surface area contributed by atoms with Crippen LogP contribution in [0.1, 0.15) is 12.0 Å². The van der Waals surface area contributed by atoms with Gasteiger partial charge in [0.1, 0.15) is 10.7 Å². The molecule has 1 saturated heterocycles. The van der Waals surface area contributed by atoms with Gasteiger partial charge in [0.15, 0.2) is 0 Å². The third kappa shape index (κ3) is 4.01. The molecule has 1 heterocycles. The molecule has 1 aliphatic heterocycles. The summed E-state index contributed by atoms with van der Waals surface area (Å²) in [6, 6.07) is 2.70. The van der Waals surface area contributed by atoms with Gasteiger partial charge in [-0.2, -0.15) is 0 Å². The van der Waals surface area contributed by atoms with Crippen LogP contribution in [0, 0.1) is 5.82 Å². The zero-order valence-corrected chi connectivity index (χ0v) is 14.4. The van der Waals surface area contributed by atoms with E-state index < -0.39 is 15.8 Å². The summed E-state index contributed by atoms with van der Waals surface area (Å²) in [7, 11) is -0.259. The van der Waals surface area contributed by atoms with Crippen LogP contribution in [0.2, 0.25) is 0 Å². The van der Waals surface area contributed by atoms with Crippen molar-refractivity contribution >= 4 is 26.0 Å². The standard InChI is InChI=1S/C13H19BrFN3O2S/c1-16-7-9-5-10(14)6-12(13(9)15)21(19,20)17-11-3-4-18(2)8-11/h5-6,11,16-17H,3-4,7-8H2,1-2H3. The lowest BCUT2D eigenvalue weighted by Crippen LogP contribution is -2.37. The smallest absolute Gasteiger partial charge is 0.243 e. The second kappa shape index (κ2) is 6.70. The minimum Gasteiger partial charge on any atom is -0.316 e. The second-order valence-electron chi connectivity index (χ2n) is 5.28. The van der Waals surface area contributed by atoms with Crippen molar-refractivity contribution in [3.63, 3.8) is 0 Å². The average molecular weight is 380 g/mol. The molecule has 0 amide bonds. The van der Waals surface area contributed by atoms with Crippen LogP contribution in [0.5, 0.6) is 0 Å². The Balaban J connectivity index is 2.31. The highest BCUT2D eigenvalue weighted by Gasteiger charge is 2.28. The predicted octanol–water partition coefficient (Wildman–Crippen LogP) is 1.29. The number of benzene rings is 1. The van der Waals surface area contributed by atoms with Crippen molar-refractivity contribution in [3.05, 3.63) is 28.0 Å². The summed E-state index contributed by atoms with van der Waals surface area (Å²) in [5.74, 6) is -0.702. The van der Waals surface area contributed by atoms with Gasteiger partial charge in [0.25, 0.3) is 0 Å². The highest BCUT2D eigenvalue weighted by molar-refractivity contribution is 9.10. The Labute approximate surface area is 133 Å². The third-order valence-electron chi connectivity index (χ3n) is 3.45. The van der Waals surface area contributed by atoms with Gasteiger partial charge in [0, 0.05) is 29.2 Å². The molecule has 118 valence electrons. The van der Waals surface area contributed by atoms with E-state index in [0.29, 0.717) is 16.6 Å². The lowest BCUT2D eigenvalue weighted by Gasteiger charge is -2.15. The van der Waals surface area contributed by atoms with Gasteiger partial charge in [-0.15, -0.1) is 0 Å². The van der Waals surface area contributed by atoms with Crippen molar-refractivity contribution < 1.29 is 12.8 Å². The first-order valence-electron chi connectivity index (χ1n) is 6.67. The van der Waals surface area contributed by atoms with Gasteiger partial charge in [0.2, 0.25) is 10.0 Å². The topological polar surface area (TPSA) is 61.4 Å². The van der Waals surface area contributed by atoms with E-state index in [-0.39, 0.29) is 17.5 Å². The van der Waals surface area contributed by atoms with Crippen molar-refractivity contribution in [1.29, 1.82) is 0 Å². The second-order valence-corrected chi connectivity index (χ2v) is 7.87. The molecule has 2 rings (SSSR count). The summed E-state index contributed by atoms with van der Waals surface area (Å²) in [4.78, 5) is 1.73. The van der Waals surface area contributed by atoms with E-state index in [1.807, 2.05) is 11.9 Å². The molecule has 1 fully saturated rings. The minimum atomic E-state index is -3.87. The molecule has 2 N–H and O–H groups in total. The maximum absolute atomic E-state index is 14.4. The van der Waals surface area contributed by atoms with E-state index in [2.05, 4.69) is 26.0 Å². The predicted molar refractivity (Wildman–Crippen MR) is 83.1 cm³/mol. The van der Waals surface area contributed by atoms with Crippen molar-refractivity contribution in [2.45, 2.75) is 23.9 Å². The third-order valence-corrected chi connectivity index (χ3v) is 5.43. The van der Waals surface area contributed by atoms with Gasteiger partial charge in [-0.3, -0.25) is 0 Å². The highest BCUT2D eigenvalue weighted by Crippen LogP contribution is 2.25. The number of rotatable bonds is 5. The molecule has 5 nitrogen and oxygen atoms in total. The largest absolute Gasteiger partial charge is 0.316 e. The number of likely N-dealkylation sites (N-methyl/N-ethyl adjacent to an activating group) is 1. The molecule has 0 saturated carbocycles. The molecule has 0 radical (unpaired) electrons. The van der Waals surface area contributed by atoms with Crippen LogP contribution in [0.4, 0.5) is 4.39 Å². The maximum atomic E-state index is 14.4. The molecule has 1 atom stereocenters. The van der Waals surface area contributed by atoms with Crippen LogP contribution in [-0.4, -0.2) is 46.5 Å². The average Bonchev–Trinajstić information content (AvgIpc) is 2.78. The monoisotopic (exact) mass is 379 g/mol. The van der Waals surface area contributed by atoms with Crippen LogP contribution in [0.25, 0.3) is 0 Å². The fourth-order valence-electron chi connectivity index (χ4n) is 2.45.